The van der Waals surface area contributed by atoms with Gasteiger partial charge in [-0.15, -0.1) is 0 Å². The van der Waals surface area contributed by atoms with E-state index in [1.54, 1.807) is 0 Å². The molecule has 3 nitrogen and oxygen atoms in total. The van der Waals surface area contributed by atoms with Gasteiger partial charge < -0.3 is 14.6 Å². The van der Waals surface area contributed by atoms with E-state index in [2.05, 4.69) is 0 Å². The molecule has 0 aromatic carbocycles. The number of aliphatic hydroxyl groups is 1. The number of hydrogen-bond donors (Lipinski definition) is 1. The van der Waals surface area contributed by atoms with Gasteiger partial charge >= 0.3 is 0 Å². The van der Waals surface area contributed by atoms with Crippen molar-refractivity contribution in [2.45, 2.75) is 32.6 Å². The van der Waals surface area contributed by atoms with Crippen molar-refractivity contribution < 1.29 is 14.6 Å². The van der Waals surface area contributed by atoms with Crippen molar-refractivity contribution in [3.8, 4) is 0 Å². The molecule has 0 atom stereocenters. The van der Waals surface area contributed by atoms with Gasteiger partial charge in [-0.05, 0) is 19.8 Å². The molecule has 0 radical (unpaired) electrons. The molecule has 1 N–H and O–H groups in total. The van der Waals surface area contributed by atoms with Gasteiger partial charge in [0.1, 0.15) is 6.79 Å². The lowest BCUT2D eigenvalue weighted by atomic mass is 10.2. The Kier molecular flexibility index (Phi) is 10.8. The SMILES string of the molecule is CCOCCCCCCOCO. The molecule has 0 rings (SSSR count). The molecule has 0 saturated heterocycles. The summed E-state index contributed by atoms with van der Waals surface area (Å²) in [5, 5.41) is 8.30. The van der Waals surface area contributed by atoms with Crippen LogP contribution in [0.2, 0.25) is 0 Å². The zero-order valence-corrected chi connectivity index (χ0v) is 7.92. The van der Waals surface area contributed by atoms with Gasteiger partial charge in [0.05, 0.1) is 0 Å². The van der Waals surface area contributed by atoms with Crippen LogP contribution in [-0.2, 0) is 9.47 Å². The summed E-state index contributed by atoms with van der Waals surface area (Å²) in [5.74, 6) is 0. The third kappa shape index (κ3) is 9.88. The van der Waals surface area contributed by atoms with E-state index in [9.17, 15) is 0 Å². The van der Waals surface area contributed by atoms with E-state index in [4.69, 9.17) is 14.6 Å². The van der Waals surface area contributed by atoms with Crippen LogP contribution in [0, 0.1) is 0 Å². The van der Waals surface area contributed by atoms with Crippen LogP contribution >= 0.6 is 0 Å². The van der Waals surface area contributed by atoms with E-state index < -0.39 is 0 Å². The largest absolute Gasteiger partial charge is 0.382 e. The summed E-state index contributed by atoms with van der Waals surface area (Å²) in [4.78, 5) is 0. The first-order valence-corrected chi connectivity index (χ1v) is 4.68. The predicted molar refractivity (Wildman–Crippen MR) is 48.0 cm³/mol. The summed E-state index contributed by atoms with van der Waals surface area (Å²) in [5.41, 5.74) is 0. The quantitative estimate of drug-likeness (QED) is 0.428. The minimum absolute atomic E-state index is 0.154. The van der Waals surface area contributed by atoms with Crippen molar-refractivity contribution in [2.24, 2.45) is 0 Å². The Morgan fingerprint density at radius 2 is 1.50 bits per heavy atom. The highest BCUT2D eigenvalue weighted by Gasteiger charge is 1.90. The lowest BCUT2D eigenvalue weighted by molar-refractivity contribution is -0.00297. The third-order valence-corrected chi connectivity index (χ3v) is 1.62. The standard InChI is InChI=1S/C9H20O3/c1-2-11-7-5-3-4-6-8-12-9-10/h10H,2-9H2,1H3. The Morgan fingerprint density at radius 1 is 0.917 bits per heavy atom. The molecular formula is C9H20O3. The number of aliphatic hydroxyl groups excluding tert-OH is 1. The monoisotopic (exact) mass is 176 g/mol. The molecule has 0 aliphatic carbocycles. The Balaban J connectivity index is 2.73. The lowest BCUT2D eigenvalue weighted by Gasteiger charge is -2.01. The Morgan fingerprint density at radius 3 is 2.00 bits per heavy atom. The minimum Gasteiger partial charge on any atom is -0.382 e. The van der Waals surface area contributed by atoms with Crippen LogP contribution in [0.15, 0.2) is 0 Å². The first-order chi connectivity index (χ1) is 5.91. The maximum absolute atomic E-state index is 8.30. The van der Waals surface area contributed by atoms with Gasteiger partial charge in [0.2, 0.25) is 0 Å². The molecule has 12 heavy (non-hydrogen) atoms. The van der Waals surface area contributed by atoms with E-state index in [0.717, 1.165) is 32.5 Å². The van der Waals surface area contributed by atoms with Gasteiger partial charge in [-0.1, -0.05) is 12.8 Å². The summed E-state index contributed by atoms with van der Waals surface area (Å²) >= 11 is 0. The number of unbranched alkanes of at least 4 members (excludes halogenated alkanes) is 3. The highest BCUT2D eigenvalue weighted by atomic mass is 16.6. The van der Waals surface area contributed by atoms with Crippen molar-refractivity contribution in [1.29, 1.82) is 0 Å². The highest BCUT2D eigenvalue weighted by molar-refractivity contribution is 4.41. The Hall–Kier alpha value is -0.120. The smallest absolute Gasteiger partial charge is 0.143 e. The second-order valence-corrected chi connectivity index (χ2v) is 2.65. The van der Waals surface area contributed by atoms with Crippen molar-refractivity contribution in [1.82, 2.24) is 0 Å². The fraction of sp³-hybridized carbons (Fsp3) is 1.00. The molecule has 0 amide bonds. The van der Waals surface area contributed by atoms with Crippen molar-refractivity contribution in [3.63, 3.8) is 0 Å². The molecule has 0 spiro atoms. The first kappa shape index (κ1) is 11.9. The van der Waals surface area contributed by atoms with E-state index in [1.807, 2.05) is 6.92 Å². The molecule has 0 aromatic heterocycles. The molecule has 0 saturated carbocycles. The van der Waals surface area contributed by atoms with Crippen LogP contribution in [-0.4, -0.2) is 31.7 Å². The molecule has 0 aliphatic heterocycles. The van der Waals surface area contributed by atoms with E-state index in [0.29, 0.717) is 6.61 Å². The molecule has 0 heterocycles. The second kappa shape index (κ2) is 10.9. The summed E-state index contributed by atoms with van der Waals surface area (Å²) < 4.78 is 9.98. The summed E-state index contributed by atoms with van der Waals surface area (Å²) in [6, 6.07) is 0. The molecular weight excluding hydrogens is 156 g/mol. The second-order valence-electron chi connectivity index (χ2n) is 2.65. The lowest BCUT2D eigenvalue weighted by Crippen LogP contribution is -1.96. The Labute approximate surface area is 74.7 Å². The van der Waals surface area contributed by atoms with Crippen LogP contribution in [0.5, 0.6) is 0 Å². The highest BCUT2D eigenvalue weighted by Crippen LogP contribution is 1.99. The van der Waals surface area contributed by atoms with Gasteiger partial charge in [0.15, 0.2) is 0 Å². The van der Waals surface area contributed by atoms with Crippen molar-refractivity contribution in [3.05, 3.63) is 0 Å². The van der Waals surface area contributed by atoms with E-state index >= 15 is 0 Å². The van der Waals surface area contributed by atoms with E-state index in [-0.39, 0.29) is 6.79 Å². The molecule has 0 unspecified atom stereocenters. The molecule has 74 valence electrons. The number of ether oxygens (including phenoxy) is 2. The molecule has 0 aliphatic rings. The topological polar surface area (TPSA) is 38.7 Å². The van der Waals surface area contributed by atoms with Crippen LogP contribution in [0.3, 0.4) is 0 Å². The molecule has 3 heteroatoms. The van der Waals surface area contributed by atoms with Gasteiger partial charge in [-0.25, -0.2) is 0 Å². The maximum atomic E-state index is 8.30. The molecule has 0 fully saturated rings. The fourth-order valence-electron chi connectivity index (χ4n) is 0.971. The van der Waals surface area contributed by atoms with Gasteiger partial charge in [0.25, 0.3) is 0 Å². The Bertz CT molecular complexity index is 66.2. The minimum atomic E-state index is -0.154. The summed E-state index contributed by atoms with van der Waals surface area (Å²) in [6.07, 6.45) is 4.52. The number of hydrogen-bond acceptors (Lipinski definition) is 3. The van der Waals surface area contributed by atoms with Gasteiger partial charge in [0, 0.05) is 19.8 Å². The molecule has 0 bridgehead atoms. The van der Waals surface area contributed by atoms with Crippen LogP contribution in [0.4, 0.5) is 0 Å². The summed E-state index contributed by atoms with van der Waals surface area (Å²) in [7, 11) is 0. The van der Waals surface area contributed by atoms with Crippen molar-refractivity contribution >= 4 is 0 Å². The van der Waals surface area contributed by atoms with Crippen LogP contribution in [0.25, 0.3) is 0 Å². The van der Waals surface area contributed by atoms with Gasteiger partial charge in [-0.3, -0.25) is 0 Å². The third-order valence-electron chi connectivity index (χ3n) is 1.62. The molecule has 0 aromatic rings. The zero-order valence-electron chi connectivity index (χ0n) is 7.92. The van der Waals surface area contributed by atoms with Crippen LogP contribution < -0.4 is 0 Å². The predicted octanol–water partition coefficient (Wildman–Crippen LogP) is 1.55. The normalized spacial score (nSPS) is 10.5. The van der Waals surface area contributed by atoms with Crippen molar-refractivity contribution in [2.75, 3.05) is 26.6 Å². The summed E-state index contributed by atoms with van der Waals surface area (Å²) in [6.45, 7) is 4.21. The zero-order chi connectivity index (χ0) is 9.07. The fourth-order valence-corrected chi connectivity index (χ4v) is 0.971. The first-order valence-electron chi connectivity index (χ1n) is 4.68. The van der Waals surface area contributed by atoms with Crippen LogP contribution in [0.1, 0.15) is 32.6 Å². The average Bonchev–Trinajstić information content (AvgIpc) is 2.10. The number of rotatable bonds is 9. The van der Waals surface area contributed by atoms with E-state index in [1.165, 1.54) is 6.42 Å². The maximum Gasteiger partial charge on any atom is 0.143 e. The van der Waals surface area contributed by atoms with Gasteiger partial charge in [-0.2, -0.15) is 0 Å². The average molecular weight is 176 g/mol.